The van der Waals surface area contributed by atoms with E-state index in [2.05, 4.69) is 5.32 Å². The predicted molar refractivity (Wildman–Crippen MR) is 64.3 cm³/mol. The third-order valence-electron chi connectivity index (χ3n) is 2.51. The van der Waals surface area contributed by atoms with Crippen molar-refractivity contribution in [2.24, 2.45) is 0 Å². The molecule has 1 aromatic rings. The summed E-state index contributed by atoms with van der Waals surface area (Å²) in [6.45, 7) is 1.82. The molecule has 1 aromatic carbocycles. The van der Waals surface area contributed by atoms with Gasteiger partial charge < -0.3 is 15.3 Å². The Morgan fingerprint density at radius 2 is 2.00 bits per heavy atom. The number of benzene rings is 1. The number of hydrogen-bond acceptors (Lipinski definition) is 2. The van der Waals surface area contributed by atoms with Gasteiger partial charge >= 0.3 is 6.03 Å². The van der Waals surface area contributed by atoms with Gasteiger partial charge in [0.15, 0.2) is 17.5 Å². The number of rotatable bonds is 4. The molecule has 0 aromatic heterocycles. The molecule has 0 heterocycles. The highest BCUT2D eigenvalue weighted by molar-refractivity contribution is 5.89. The van der Waals surface area contributed by atoms with E-state index in [0.717, 1.165) is 12.1 Å². The van der Waals surface area contributed by atoms with Crippen molar-refractivity contribution in [2.45, 2.75) is 19.4 Å². The summed E-state index contributed by atoms with van der Waals surface area (Å²) >= 11 is 0. The number of halogens is 3. The molecule has 2 N–H and O–H groups in total. The SMILES string of the molecule is CC(O)CCN(C)C(=O)Nc1ccc(F)c(F)c1F. The van der Waals surface area contributed by atoms with E-state index in [4.69, 9.17) is 5.11 Å². The van der Waals surface area contributed by atoms with Crippen LogP contribution in [0.3, 0.4) is 0 Å². The summed E-state index contributed by atoms with van der Waals surface area (Å²) in [6.07, 6.45) is -0.222. The molecule has 0 saturated carbocycles. The van der Waals surface area contributed by atoms with E-state index in [1.165, 1.54) is 11.9 Å². The van der Waals surface area contributed by atoms with Crippen molar-refractivity contribution in [1.29, 1.82) is 0 Å². The number of nitrogens with zero attached hydrogens (tertiary/aromatic N) is 1. The number of carbonyl (C=O) groups is 1. The Morgan fingerprint density at radius 3 is 2.58 bits per heavy atom. The smallest absolute Gasteiger partial charge is 0.321 e. The lowest BCUT2D eigenvalue weighted by Gasteiger charge is -2.19. The second kappa shape index (κ2) is 6.42. The second-order valence-electron chi connectivity index (χ2n) is 4.21. The molecule has 7 heteroatoms. The predicted octanol–water partition coefficient (Wildman–Crippen LogP) is 2.34. The quantitative estimate of drug-likeness (QED) is 0.829. The Bertz CT molecular complexity index is 467. The molecule has 0 aliphatic rings. The zero-order valence-corrected chi connectivity index (χ0v) is 10.6. The Labute approximate surface area is 108 Å². The standard InChI is InChI=1S/C12H15F3N2O2/c1-7(18)5-6-17(2)12(19)16-9-4-3-8(13)10(14)11(9)15/h3-4,7,18H,5-6H2,1-2H3,(H,16,19). The van der Waals surface area contributed by atoms with E-state index >= 15 is 0 Å². The zero-order chi connectivity index (χ0) is 14.6. The van der Waals surface area contributed by atoms with Gasteiger partial charge in [-0.3, -0.25) is 0 Å². The minimum Gasteiger partial charge on any atom is -0.393 e. The van der Waals surface area contributed by atoms with E-state index in [1.54, 1.807) is 6.92 Å². The number of nitrogens with one attached hydrogen (secondary N) is 1. The van der Waals surface area contributed by atoms with Crippen molar-refractivity contribution in [3.05, 3.63) is 29.6 Å². The summed E-state index contributed by atoms with van der Waals surface area (Å²) in [5, 5.41) is 11.2. The van der Waals surface area contributed by atoms with Gasteiger partial charge in [0.05, 0.1) is 11.8 Å². The number of hydrogen-bond donors (Lipinski definition) is 2. The molecule has 1 rings (SSSR count). The van der Waals surface area contributed by atoms with Crippen molar-refractivity contribution in [2.75, 3.05) is 18.9 Å². The molecule has 106 valence electrons. The van der Waals surface area contributed by atoms with Crippen LogP contribution in [0.2, 0.25) is 0 Å². The second-order valence-corrected chi connectivity index (χ2v) is 4.21. The fraction of sp³-hybridized carbons (Fsp3) is 0.417. The van der Waals surface area contributed by atoms with Gasteiger partial charge in [-0.15, -0.1) is 0 Å². The van der Waals surface area contributed by atoms with Gasteiger partial charge in [-0.25, -0.2) is 18.0 Å². The van der Waals surface area contributed by atoms with E-state index in [9.17, 15) is 18.0 Å². The van der Waals surface area contributed by atoms with Crippen molar-refractivity contribution < 1.29 is 23.1 Å². The molecule has 4 nitrogen and oxygen atoms in total. The molecule has 0 fully saturated rings. The molecular weight excluding hydrogens is 261 g/mol. The highest BCUT2D eigenvalue weighted by Gasteiger charge is 2.17. The monoisotopic (exact) mass is 276 g/mol. The first kappa shape index (κ1) is 15.3. The van der Waals surface area contributed by atoms with Gasteiger partial charge in [-0.05, 0) is 25.5 Å². The first-order valence-corrected chi connectivity index (χ1v) is 5.66. The summed E-state index contributed by atoms with van der Waals surface area (Å²) in [7, 11) is 1.44. The van der Waals surface area contributed by atoms with Crippen LogP contribution in [0.15, 0.2) is 12.1 Å². The lowest BCUT2D eigenvalue weighted by Crippen LogP contribution is -2.33. The molecule has 0 bridgehead atoms. The third-order valence-corrected chi connectivity index (χ3v) is 2.51. The normalized spacial score (nSPS) is 12.1. The van der Waals surface area contributed by atoms with Crippen molar-refractivity contribution in [3.63, 3.8) is 0 Å². The van der Waals surface area contributed by atoms with Gasteiger partial charge in [-0.2, -0.15) is 0 Å². The van der Waals surface area contributed by atoms with Crippen LogP contribution in [0.4, 0.5) is 23.7 Å². The van der Waals surface area contributed by atoms with Crippen LogP contribution in [-0.2, 0) is 0 Å². The number of anilines is 1. The Kier molecular flexibility index (Phi) is 5.17. The number of aliphatic hydroxyl groups excluding tert-OH is 1. The average molecular weight is 276 g/mol. The Hall–Kier alpha value is -1.76. The minimum absolute atomic E-state index is 0.245. The average Bonchev–Trinajstić information content (AvgIpc) is 2.36. The number of aliphatic hydroxyl groups is 1. The molecule has 2 amide bonds. The lowest BCUT2D eigenvalue weighted by molar-refractivity contribution is 0.167. The first-order valence-electron chi connectivity index (χ1n) is 5.66. The molecule has 1 unspecified atom stereocenters. The summed E-state index contributed by atoms with van der Waals surface area (Å²) < 4.78 is 39.0. The van der Waals surface area contributed by atoms with Crippen LogP contribution >= 0.6 is 0 Å². The van der Waals surface area contributed by atoms with Crippen LogP contribution in [0.1, 0.15) is 13.3 Å². The topological polar surface area (TPSA) is 52.6 Å². The largest absolute Gasteiger partial charge is 0.393 e. The highest BCUT2D eigenvalue weighted by atomic mass is 19.2. The van der Waals surface area contributed by atoms with Crippen LogP contribution < -0.4 is 5.32 Å². The van der Waals surface area contributed by atoms with Crippen molar-refractivity contribution >= 4 is 11.7 Å². The zero-order valence-electron chi connectivity index (χ0n) is 10.6. The van der Waals surface area contributed by atoms with Crippen LogP contribution in [0.25, 0.3) is 0 Å². The van der Waals surface area contributed by atoms with E-state index in [0.29, 0.717) is 6.42 Å². The fourth-order valence-corrected chi connectivity index (χ4v) is 1.32. The molecule has 0 saturated heterocycles. The number of carbonyl (C=O) groups excluding carboxylic acids is 1. The Balaban J connectivity index is 2.69. The van der Waals surface area contributed by atoms with Gasteiger partial charge in [0, 0.05) is 13.6 Å². The molecular formula is C12H15F3N2O2. The molecule has 0 spiro atoms. The summed E-state index contributed by atoms with van der Waals surface area (Å²) in [6, 6.07) is 0.989. The Morgan fingerprint density at radius 1 is 1.37 bits per heavy atom. The van der Waals surface area contributed by atoms with Crippen LogP contribution in [0.5, 0.6) is 0 Å². The highest BCUT2D eigenvalue weighted by Crippen LogP contribution is 2.19. The third kappa shape index (κ3) is 4.13. The van der Waals surface area contributed by atoms with Crippen molar-refractivity contribution in [1.82, 2.24) is 4.90 Å². The maximum absolute atomic E-state index is 13.3. The molecule has 0 aliphatic carbocycles. The molecule has 1 atom stereocenters. The van der Waals surface area contributed by atoms with Gasteiger partial charge in [0.1, 0.15) is 0 Å². The van der Waals surface area contributed by atoms with Crippen LogP contribution in [-0.4, -0.2) is 35.7 Å². The van der Waals surface area contributed by atoms with Crippen molar-refractivity contribution in [3.8, 4) is 0 Å². The fourth-order valence-electron chi connectivity index (χ4n) is 1.32. The van der Waals surface area contributed by atoms with Gasteiger partial charge in [0.2, 0.25) is 0 Å². The van der Waals surface area contributed by atoms with Gasteiger partial charge in [-0.1, -0.05) is 0 Å². The van der Waals surface area contributed by atoms with Gasteiger partial charge in [0.25, 0.3) is 0 Å². The van der Waals surface area contributed by atoms with E-state index < -0.39 is 35.3 Å². The maximum atomic E-state index is 13.3. The summed E-state index contributed by atoms with van der Waals surface area (Å²) in [5.74, 6) is -4.40. The minimum atomic E-state index is -1.63. The van der Waals surface area contributed by atoms with E-state index in [-0.39, 0.29) is 6.54 Å². The summed E-state index contributed by atoms with van der Waals surface area (Å²) in [4.78, 5) is 12.8. The van der Waals surface area contributed by atoms with Crippen LogP contribution in [0, 0.1) is 17.5 Å². The number of amides is 2. The molecule has 19 heavy (non-hydrogen) atoms. The lowest BCUT2D eigenvalue weighted by atomic mass is 10.2. The maximum Gasteiger partial charge on any atom is 0.321 e. The number of urea groups is 1. The molecule has 0 aliphatic heterocycles. The molecule has 0 radical (unpaired) electrons. The van der Waals surface area contributed by atoms with E-state index in [1.807, 2.05) is 0 Å². The summed E-state index contributed by atoms with van der Waals surface area (Å²) in [5.41, 5.74) is -0.437. The first-order chi connectivity index (χ1) is 8.82.